The molecule has 1 fully saturated rings. The van der Waals surface area contributed by atoms with Gasteiger partial charge in [0, 0.05) is 38.3 Å². The van der Waals surface area contributed by atoms with E-state index in [0.29, 0.717) is 44.9 Å². The molecule has 1 aliphatic rings. The van der Waals surface area contributed by atoms with Crippen LogP contribution >= 0.6 is 0 Å². The number of hydrogen-bond acceptors (Lipinski definition) is 5. The van der Waals surface area contributed by atoms with Gasteiger partial charge < -0.3 is 14.5 Å². The van der Waals surface area contributed by atoms with Crippen molar-refractivity contribution in [2.24, 2.45) is 0 Å². The van der Waals surface area contributed by atoms with E-state index in [-0.39, 0.29) is 16.9 Å². The zero-order chi connectivity index (χ0) is 19.9. The summed E-state index contributed by atoms with van der Waals surface area (Å²) in [5, 5.41) is 0. The van der Waals surface area contributed by atoms with Crippen LogP contribution in [0.2, 0.25) is 0 Å². The number of piperazine rings is 1. The lowest BCUT2D eigenvalue weighted by molar-refractivity contribution is 0.0570. The predicted octanol–water partition coefficient (Wildman–Crippen LogP) is 1.68. The molecule has 1 aromatic carbocycles. The molecule has 8 nitrogen and oxygen atoms in total. The molecule has 1 heterocycles. The van der Waals surface area contributed by atoms with Crippen LogP contribution in [0, 0.1) is 0 Å². The molecule has 1 aromatic rings. The van der Waals surface area contributed by atoms with Crippen molar-refractivity contribution in [2.75, 3.05) is 39.3 Å². The molecule has 0 radical (unpaired) electrons. The van der Waals surface area contributed by atoms with E-state index in [2.05, 4.69) is 4.72 Å². The maximum atomic E-state index is 12.6. The van der Waals surface area contributed by atoms with Crippen LogP contribution < -0.4 is 4.72 Å². The average molecular weight is 397 g/mol. The molecule has 0 saturated carbocycles. The largest absolute Gasteiger partial charge is 0.450 e. The van der Waals surface area contributed by atoms with Crippen LogP contribution in [0.3, 0.4) is 0 Å². The summed E-state index contributed by atoms with van der Waals surface area (Å²) < 4.78 is 31.9. The van der Waals surface area contributed by atoms with Crippen molar-refractivity contribution in [3.8, 4) is 0 Å². The molecule has 0 spiro atoms. The van der Waals surface area contributed by atoms with Crippen LogP contribution in [0.25, 0.3) is 0 Å². The second kappa shape index (κ2) is 9.70. The summed E-state index contributed by atoms with van der Waals surface area (Å²) in [5.41, 5.74) is 0.423. The Kier molecular flexibility index (Phi) is 7.61. The zero-order valence-corrected chi connectivity index (χ0v) is 16.6. The third-order valence-corrected chi connectivity index (χ3v) is 5.80. The van der Waals surface area contributed by atoms with Gasteiger partial charge in [0.1, 0.15) is 0 Å². The van der Waals surface area contributed by atoms with Gasteiger partial charge in [-0.05, 0) is 37.6 Å². The summed E-state index contributed by atoms with van der Waals surface area (Å²) in [5.74, 6) is -0.179. The predicted molar refractivity (Wildman–Crippen MR) is 101 cm³/mol. The van der Waals surface area contributed by atoms with Crippen LogP contribution in [-0.2, 0) is 14.8 Å². The summed E-state index contributed by atoms with van der Waals surface area (Å²) in [6.45, 7) is 6.11. The number of benzene rings is 1. The van der Waals surface area contributed by atoms with Crippen molar-refractivity contribution in [3.05, 3.63) is 29.8 Å². The van der Waals surface area contributed by atoms with E-state index in [4.69, 9.17) is 4.74 Å². The van der Waals surface area contributed by atoms with Gasteiger partial charge in [-0.3, -0.25) is 4.79 Å². The Morgan fingerprint density at radius 1 is 1.04 bits per heavy atom. The third kappa shape index (κ3) is 5.67. The number of sulfonamides is 1. The van der Waals surface area contributed by atoms with Crippen LogP contribution in [0.1, 0.15) is 37.0 Å². The van der Waals surface area contributed by atoms with Gasteiger partial charge in [0.2, 0.25) is 10.0 Å². The van der Waals surface area contributed by atoms with Gasteiger partial charge in [-0.2, -0.15) is 0 Å². The fourth-order valence-electron chi connectivity index (χ4n) is 2.73. The van der Waals surface area contributed by atoms with Crippen molar-refractivity contribution < 1.29 is 22.7 Å². The summed E-state index contributed by atoms with van der Waals surface area (Å²) in [4.78, 5) is 27.7. The van der Waals surface area contributed by atoms with Gasteiger partial charge in [0.25, 0.3) is 5.91 Å². The Balaban J connectivity index is 1.95. The lowest BCUT2D eigenvalue weighted by Gasteiger charge is -2.34. The highest BCUT2D eigenvalue weighted by Gasteiger charge is 2.25. The number of ether oxygens (including phenoxy) is 1. The molecule has 1 N–H and O–H groups in total. The quantitative estimate of drug-likeness (QED) is 0.706. The summed E-state index contributed by atoms with van der Waals surface area (Å²) in [7, 11) is -3.56. The van der Waals surface area contributed by atoms with Crippen molar-refractivity contribution in [1.82, 2.24) is 14.5 Å². The maximum Gasteiger partial charge on any atom is 0.409 e. The topological polar surface area (TPSA) is 96.0 Å². The van der Waals surface area contributed by atoms with Gasteiger partial charge in [-0.1, -0.05) is 13.3 Å². The van der Waals surface area contributed by atoms with E-state index in [1.165, 1.54) is 24.3 Å². The summed E-state index contributed by atoms with van der Waals surface area (Å²) in [6, 6.07) is 5.93. The van der Waals surface area contributed by atoms with Crippen molar-refractivity contribution in [3.63, 3.8) is 0 Å². The highest BCUT2D eigenvalue weighted by molar-refractivity contribution is 7.89. The fraction of sp³-hybridized carbons (Fsp3) is 0.556. The number of carbonyl (C=O) groups excluding carboxylic acids is 2. The molecule has 9 heteroatoms. The van der Waals surface area contributed by atoms with Crippen molar-refractivity contribution in [1.29, 1.82) is 0 Å². The van der Waals surface area contributed by atoms with Gasteiger partial charge >= 0.3 is 6.09 Å². The summed E-state index contributed by atoms with van der Waals surface area (Å²) in [6.07, 6.45) is 1.31. The Morgan fingerprint density at radius 3 is 2.19 bits per heavy atom. The number of nitrogens with one attached hydrogen (secondary N) is 1. The van der Waals surface area contributed by atoms with E-state index in [1.54, 1.807) is 16.7 Å². The molecule has 2 rings (SSSR count). The van der Waals surface area contributed by atoms with Crippen molar-refractivity contribution >= 4 is 22.0 Å². The second-order valence-electron chi connectivity index (χ2n) is 6.25. The molecule has 1 saturated heterocycles. The van der Waals surface area contributed by atoms with Crippen molar-refractivity contribution in [2.45, 2.75) is 31.6 Å². The Hall–Kier alpha value is -2.13. The molecule has 0 aliphatic carbocycles. The smallest absolute Gasteiger partial charge is 0.409 e. The lowest BCUT2D eigenvalue weighted by atomic mass is 10.2. The van der Waals surface area contributed by atoms with E-state index in [1.807, 2.05) is 6.92 Å². The second-order valence-corrected chi connectivity index (χ2v) is 8.02. The van der Waals surface area contributed by atoms with Crippen LogP contribution in [0.4, 0.5) is 4.79 Å². The standard InChI is InChI=1S/C18H27N3O5S/c1-3-5-10-19-27(24,25)16-8-6-15(7-9-16)17(22)20-11-13-21(14-12-20)18(23)26-4-2/h6-9,19H,3-5,10-14H2,1-2H3. The fourth-order valence-corrected chi connectivity index (χ4v) is 3.81. The molecule has 0 unspecified atom stereocenters. The Morgan fingerprint density at radius 2 is 1.63 bits per heavy atom. The number of rotatable bonds is 7. The first-order chi connectivity index (χ1) is 12.9. The van der Waals surface area contributed by atoms with Gasteiger partial charge in [-0.25, -0.2) is 17.9 Å². The number of amides is 2. The van der Waals surface area contributed by atoms with Gasteiger partial charge in [0.05, 0.1) is 11.5 Å². The monoisotopic (exact) mass is 397 g/mol. The minimum absolute atomic E-state index is 0.141. The Bertz CT molecular complexity index is 741. The number of hydrogen-bond donors (Lipinski definition) is 1. The minimum atomic E-state index is -3.56. The van der Waals surface area contributed by atoms with Crippen LogP contribution in [0.15, 0.2) is 29.2 Å². The minimum Gasteiger partial charge on any atom is -0.450 e. The van der Waals surface area contributed by atoms with E-state index >= 15 is 0 Å². The van der Waals surface area contributed by atoms with E-state index in [0.717, 1.165) is 12.8 Å². The molecule has 150 valence electrons. The number of unbranched alkanes of at least 4 members (excludes halogenated alkanes) is 1. The number of nitrogens with zero attached hydrogens (tertiary/aromatic N) is 2. The maximum absolute atomic E-state index is 12.6. The first-order valence-electron chi connectivity index (χ1n) is 9.19. The zero-order valence-electron chi connectivity index (χ0n) is 15.8. The molecule has 0 atom stereocenters. The molecular formula is C18H27N3O5S. The molecule has 0 bridgehead atoms. The Labute approximate surface area is 160 Å². The SMILES string of the molecule is CCCCNS(=O)(=O)c1ccc(C(=O)N2CCN(C(=O)OCC)CC2)cc1. The summed E-state index contributed by atoms with van der Waals surface area (Å²) >= 11 is 0. The molecule has 27 heavy (non-hydrogen) atoms. The van der Waals surface area contributed by atoms with Crippen LogP contribution in [-0.4, -0.2) is 69.5 Å². The molecule has 1 aliphatic heterocycles. The first kappa shape index (κ1) is 21.2. The normalized spacial score (nSPS) is 14.9. The number of carbonyl (C=O) groups is 2. The first-order valence-corrected chi connectivity index (χ1v) is 10.7. The lowest BCUT2D eigenvalue weighted by Crippen LogP contribution is -2.50. The average Bonchev–Trinajstić information content (AvgIpc) is 2.68. The van der Waals surface area contributed by atoms with Gasteiger partial charge in [0.15, 0.2) is 0 Å². The van der Waals surface area contributed by atoms with Gasteiger partial charge in [-0.15, -0.1) is 0 Å². The van der Waals surface area contributed by atoms with Crippen LogP contribution in [0.5, 0.6) is 0 Å². The third-order valence-electron chi connectivity index (χ3n) is 4.33. The van der Waals surface area contributed by atoms with E-state index < -0.39 is 10.0 Å². The molecule has 0 aromatic heterocycles. The van der Waals surface area contributed by atoms with E-state index in [9.17, 15) is 18.0 Å². The highest BCUT2D eigenvalue weighted by Crippen LogP contribution is 2.14. The molecular weight excluding hydrogens is 370 g/mol. The highest BCUT2D eigenvalue weighted by atomic mass is 32.2. The molecule has 2 amide bonds.